The van der Waals surface area contributed by atoms with E-state index < -0.39 is 12.0 Å². The molecule has 8 heteroatoms. The van der Waals surface area contributed by atoms with Crippen molar-refractivity contribution in [2.24, 2.45) is 0 Å². The molecule has 0 aliphatic rings. The maximum absolute atomic E-state index is 12.2. The first-order chi connectivity index (χ1) is 7.43. The number of anilines is 1. The van der Waals surface area contributed by atoms with Gasteiger partial charge in [0.1, 0.15) is 0 Å². The first-order valence-corrected chi connectivity index (χ1v) is 5.46. The van der Waals surface area contributed by atoms with Crippen LogP contribution in [0.1, 0.15) is 19.7 Å². The average molecular weight is 255 g/mol. The van der Waals surface area contributed by atoms with E-state index in [-0.39, 0.29) is 11.2 Å². The molecule has 0 saturated carbocycles. The topological polar surface area (TPSA) is 47.0 Å². The van der Waals surface area contributed by atoms with Gasteiger partial charge >= 0.3 is 6.18 Å². The fourth-order valence-electron chi connectivity index (χ4n) is 0.944. The molecule has 1 atom stereocenters. The molecule has 0 radical (unpaired) electrons. The van der Waals surface area contributed by atoms with Crippen LogP contribution in [-0.2, 0) is 10.9 Å². The summed E-state index contributed by atoms with van der Waals surface area (Å²) in [6.07, 6.45) is -4.49. The summed E-state index contributed by atoms with van der Waals surface area (Å²) < 4.78 is 44.8. The molecule has 92 valence electrons. The highest BCUT2D eigenvalue weighted by Crippen LogP contribution is 2.29. The van der Waals surface area contributed by atoms with Gasteiger partial charge in [0.25, 0.3) is 0 Å². The maximum atomic E-state index is 12.2. The first kappa shape index (κ1) is 13.2. The Morgan fingerprint density at radius 3 is 2.69 bits per heavy atom. The Kier molecular flexibility index (Phi) is 4.48. The van der Waals surface area contributed by atoms with E-state index in [0.29, 0.717) is 24.7 Å². The summed E-state index contributed by atoms with van der Waals surface area (Å²) in [5.41, 5.74) is 0. The Bertz CT molecular complexity index is 329. The van der Waals surface area contributed by atoms with E-state index in [2.05, 4.69) is 14.7 Å². The third kappa shape index (κ3) is 3.93. The Hall–Kier alpha value is -0.890. The molecule has 4 nitrogen and oxygen atoms in total. The van der Waals surface area contributed by atoms with E-state index >= 15 is 0 Å². The summed E-state index contributed by atoms with van der Waals surface area (Å²) in [6.45, 7) is 4.62. The van der Waals surface area contributed by atoms with Gasteiger partial charge in [-0.2, -0.15) is 22.5 Å². The van der Waals surface area contributed by atoms with Crippen molar-refractivity contribution < 1.29 is 17.9 Å². The SMILES string of the molecule is CCOCC(C)Nc1nc(C(F)(F)F)ns1. The van der Waals surface area contributed by atoms with Crippen LogP contribution < -0.4 is 5.32 Å². The van der Waals surface area contributed by atoms with E-state index in [1.54, 1.807) is 6.92 Å². The maximum Gasteiger partial charge on any atom is 0.452 e. The van der Waals surface area contributed by atoms with E-state index in [0.717, 1.165) is 0 Å². The highest BCUT2D eigenvalue weighted by Gasteiger charge is 2.36. The van der Waals surface area contributed by atoms with Gasteiger partial charge in [-0.1, -0.05) is 0 Å². The summed E-state index contributed by atoms with van der Waals surface area (Å²) in [4.78, 5) is 3.35. The minimum atomic E-state index is -4.49. The minimum Gasteiger partial charge on any atom is -0.380 e. The Balaban J connectivity index is 2.52. The number of nitrogens with one attached hydrogen (secondary N) is 1. The monoisotopic (exact) mass is 255 g/mol. The number of nitrogens with zero attached hydrogens (tertiary/aromatic N) is 2. The second kappa shape index (κ2) is 5.44. The number of hydrogen-bond donors (Lipinski definition) is 1. The molecule has 1 aromatic heterocycles. The quantitative estimate of drug-likeness (QED) is 0.877. The van der Waals surface area contributed by atoms with Gasteiger partial charge in [-0.25, -0.2) is 0 Å². The highest BCUT2D eigenvalue weighted by atomic mass is 32.1. The standard InChI is InChI=1S/C8H12F3N3OS/c1-3-15-4-5(2)12-7-13-6(14-16-7)8(9,10)11/h5H,3-4H2,1-2H3,(H,12,13,14). The lowest BCUT2D eigenvalue weighted by Crippen LogP contribution is -2.21. The molecule has 0 saturated heterocycles. The number of rotatable bonds is 5. The number of ether oxygens (including phenoxy) is 1. The van der Waals surface area contributed by atoms with Crippen LogP contribution in [0, 0.1) is 0 Å². The second-order valence-corrected chi connectivity index (χ2v) is 3.88. The normalized spacial score (nSPS) is 13.8. The molecule has 1 unspecified atom stereocenters. The van der Waals surface area contributed by atoms with Crippen LogP contribution in [0.15, 0.2) is 0 Å². The molecule has 0 aliphatic carbocycles. The Morgan fingerprint density at radius 2 is 2.19 bits per heavy atom. The van der Waals surface area contributed by atoms with Crippen molar-refractivity contribution in [3.63, 3.8) is 0 Å². The van der Waals surface area contributed by atoms with Gasteiger partial charge in [-0.15, -0.1) is 0 Å². The zero-order valence-corrected chi connectivity index (χ0v) is 9.65. The van der Waals surface area contributed by atoms with Crippen LogP contribution in [0.5, 0.6) is 0 Å². The molecule has 0 spiro atoms. The van der Waals surface area contributed by atoms with Crippen molar-refractivity contribution in [2.45, 2.75) is 26.1 Å². The van der Waals surface area contributed by atoms with Gasteiger partial charge in [0, 0.05) is 24.2 Å². The molecule has 0 aliphatic heterocycles. The third-order valence-corrected chi connectivity index (χ3v) is 2.27. The fraction of sp³-hybridized carbons (Fsp3) is 0.750. The fourth-order valence-corrected chi connectivity index (χ4v) is 1.64. The predicted molar refractivity (Wildman–Crippen MR) is 54.5 cm³/mol. The lowest BCUT2D eigenvalue weighted by molar-refractivity contribution is -0.144. The molecule has 0 fully saturated rings. The number of halogens is 3. The van der Waals surface area contributed by atoms with Crippen LogP contribution >= 0.6 is 11.5 Å². The molecule has 16 heavy (non-hydrogen) atoms. The van der Waals surface area contributed by atoms with Gasteiger partial charge in [0.05, 0.1) is 6.61 Å². The summed E-state index contributed by atoms with van der Waals surface area (Å²) >= 11 is 0.690. The van der Waals surface area contributed by atoms with Crippen LogP contribution in [-0.4, -0.2) is 28.6 Å². The summed E-state index contributed by atoms with van der Waals surface area (Å²) in [7, 11) is 0. The van der Waals surface area contributed by atoms with Crippen LogP contribution in [0.4, 0.5) is 18.3 Å². The van der Waals surface area contributed by atoms with E-state index in [4.69, 9.17) is 4.74 Å². The average Bonchev–Trinajstić information content (AvgIpc) is 2.62. The molecule has 1 heterocycles. The van der Waals surface area contributed by atoms with Crippen molar-refractivity contribution >= 4 is 16.7 Å². The first-order valence-electron chi connectivity index (χ1n) is 4.68. The highest BCUT2D eigenvalue weighted by molar-refractivity contribution is 7.09. The lowest BCUT2D eigenvalue weighted by atomic mass is 10.4. The zero-order valence-electron chi connectivity index (χ0n) is 8.84. The molecule has 0 aromatic carbocycles. The Labute approximate surface area is 95.0 Å². The zero-order chi connectivity index (χ0) is 12.2. The number of hydrogen-bond acceptors (Lipinski definition) is 5. The van der Waals surface area contributed by atoms with Crippen molar-refractivity contribution in [3.8, 4) is 0 Å². The minimum absolute atomic E-state index is 0.103. The summed E-state index contributed by atoms with van der Waals surface area (Å²) in [5, 5.41) is 2.94. The van der Waals surface area contributed by atoms with E-state index in [1.807, 2.05) is 6.92 Å². The largest absolute Gasteiger partial charge is 0.452 e. The van der Waals surface area contributed by atoms with Gasteiger partial charge in [0.15, 0.2) is 0 Å². The van der Waals surface area contributed by atoms with Gasteiger partial charge < -0.3 is 10.1 Å². The van der Waals surface area contributed by atoms with Gasteiger partial charge in [0.2, 0.25) is 11.0 Å². The number of alkyl halides is 3. The lowest BCUT2D eigenvalue weighted by Gasteiger charge is -2.11. The smallest absolute Gasteiger partial charge is 0.380 e. The van der Waals surface area contributed by atoms with Crippen molar-refractivity contribution in [2.75, 3.05) is 18.5 Å². The van der Waals surface area contributed by atoms with Gasteiger partial charge in [-0.05, 0) is 13.8 Å². The van der Waals surface area contributed by atoms with Crippen LogP contribution in [0.3, 0.4) is 0 Å². The van der Waals surface area contributed by atoms with Gasteiger partial charge in [-0.3, -0.25) is 0 Å². The predicted octanol–water partition coefficient (Wildman–Crippen LogP) is 2.39. The van der Waals surface area contributed by atoms with E-state index in [9.17, 15) is 13.2 Å². The van der Waals surface area contributed by atoms with E-state index in [1.165, 1.54) is 0 Å². The molecule has 1 N–H and O–H groups in total. The summed E-state index contributed by atoms with van der Waals surface area (Å²) in [5.74, 6) is -1.11. The molecule has 0 amide bonds. The van der Waals surface area contributed by atoms with Crippen LogP contribution in [0.25, 0.3) is 0 Å². The molecule has 0 bridgehead atoms. The Morgan fingerprint density at radius 1 is 1.50 bits per heavy atom. The number of aromatic nitrogens is 2. The van der Waals surface area contributed by atoms with Crippen molar-refractivity contribution in [1.82, 2.24) is 9.36 Å². The second-order valence-electron chi connectivity index (χ2n) is 3.13. The molecule has 1 rings (SSSR count). The molecular weight excluding hydrogens is 243 g/mol. The third-order valence-electron chi connectivity index (χ3n) is 1.62. The van der Waals surface area contributed by atoms with Crippen molar-refractivity contribution in [3.05, 3.63) is 5.82 Å². The molecule has 1 aromatic rings. The molecular formula is C8H12F3N3OS. The summed E-state index contributed by atoms with van der Waals surface area (Å²) in [6, 6.07) is -0.103. The van der Waals surface area contributed by atoms with Crippen molar-refractivity contribution in [1.29, 1.82) is 0 Å². The van der Waals surface area contributed by atoms with Crippen LogP contribution in [0.2, 0.25) is 0 Å².